The van der Waals surface area contributed by atoms with Crippen LogP contribution in [0.25, 0.3) is 0 Å². The van der Waals surface area contributed by atoms with Gasteiger partial charge in [0.25, 0.3) is 0 Å². The van der Waals surface area contributed by atoms with Crippen LogP contribution in [0, 0.1) is 6.92 Å². The van der Waals surface area contributed by atoms with Crippen LogP contribution in [-0.2, 0) is 11.3 Å². The number of aryl methyl sites for hydroxylation is 2. The fraction of sp³-hybridized carbons (Fsp3) is 0.471. The molecule has 1 heterocycles. The highest BCUT2D eigenvalue weighted by Crippen LogP contribution is 2.25. The van der Waals surface area contributed by atoms with E-state index < -0.39 is 0 Å². The number of methoxy groups -OCH3 is 1. The molecule has 2 aromatic rings. The lowest BCUT2D eigenvalue weighted by Gasteiger charge is -2.11. The molecule has 0 fully saturated rings. The molecule has 0 unspecified atom stereocenters. The molecule has 7 heteroatoms. The van der Waals surface area contributed by atoms with Crippen molar-refractivity contribution in [2.45, 2.75) is 44.8 Å². The Morgan fingerprint density at radius 3 is 2.96 bits per heavy atom. The molecule has 0 aliphatic rings. The summed E-state index contributed by atoms with van der Waals surface area (Å²) in [5.41, 5.74) is 1.75. The number of thioether (sulfide) groups is 1. The van der Waals surface area contributed by atoms with Gasteiger partial charge in [0.05, 0.1) is 18.6 Å². The summed E-state index contributed by atoms with van der Waals surface area (Å²) in [4.78, 5) is 12.2. The summed E-state index contributed by atoms with van der Waals surface area (Å²) in [5.74, 6) is 0.845. The highest BCUT2D eigenvalue weighted by molar-refractivity contribution is 7.99. The van der Waals surface area contributed by atoms with Gasteiger partial charge >= 0.3 is 0 Å². The van der Waals surface area contributed by atoms with E-state index in [0.29, 0.717) is 11.4 Å². The van der Waals surface area contributed by atoms with Gasteiger partial charge in [0.1, 0.15) is 12.1 Å². The van der Waals surface area contributed by atoms with Crippen molar-refractivity contribution in [2.75, 3.05) is 18.2 Å². The van der Waals surface area contributed by atoms with Crippen molar-refractivity contribution in [1.82, 2.24) is 14.8 Å². The van der Waals surface area contributed by atoms with Gasteiger partial charge in [-0.1, -0.05) is 37.6 Å². The van der Waals surface area contributed by atoms with Crippen LogP contribution >= 0.6 is 11.8 Å². The lowest BCUT2D eigenvalue weighted by atomic mass is 10.2. The molecular formula is C17H24N4O2S. The average Bonchev–Trinajstić information content (AvgIpc) is 3.01. The average molecular weight is 348 g/mol. The fourth-order valence-electron chi connectivity index (χ4n) is 2.28. The second-order valence-corrected chi connectivity index (χ2v) is 6.50. The quantitative estimate of drug-likeness (QED) is 0.555. The molecule has 0 saturated carbocycles. The smallest absolute Gasteiger partial charge is 0.234 e. The van der Waals surface area contributed by atoms with Crippen molar-refractivity contribution >= 4 is 23.4 Å². The predicted octanol–water partition coefficient (Wildman–Crippen LogP) is 3.52. The Hall–Kier alpha value is -2.02. The third kappa shape index (κ3) is 5.26. The molecule has 1 N–H and O–H groups in total. The Labute approximate surface area is 147 Å². The molecule has 0 spiro atoms. The van der Waals surface area contributed by atoms with Crippen LogP contribution in [0.1, 0.15) is 31.7 Å². The lowest BCUT2D eigenvalue weighted by molar-refractivity contribution is -0.113. The van der Waals surface area contributed by atoms with E-state index in [1.54, 1.807) is 13.4 Å². The van der Waals surface area contributed by atoms with Crippen LogP contribution in [0.4, 0.5) is 5.69 Å². The number of benzene rings is 1. The molecule has 1 aromatic carbocycles. The Morgan fingerprint density at radius 1 is 1.38 bits per heavy atom. The topological polar surface area (TPSA) is 69.0 Å². The minimum Gasteiger partial charge on any atom is -0.495 e. The molecule has 2 rings (SSSR count). The minimum atomic E-state index is -0.0907. The van der Waals surface area contributed by atoms with Gasteiger partial charge in [0.15, 0.2) is 5.16 Å². The summed E-state index contributed by atoms with van der Waals surface area (Å²) in [6.07, 6.45) is 5.16. The number of anilines is 1. The first-order valence-electron chi connectivity index (χ1n) is 8.09. The zero-order valence-electron chi connectivity index (χ0n) is 14.4. The Balaban J connectivity index is 1.90. The lowest BCUT2D eigenvalue weighted by Crippen LogP contribution is -2.15. The maximum Gasteiger partial charge on any atom is 0.234 e. The monoisotopic (exact) mass is 348 g/mol. The molecule has 0 aliphatic heterocycles. The van der Waals surface area contributed by atoms with E-state index in [4.69, 9.17) is 4.74 Å². The number of unbranched alkanes of at least 4 members (excludes halogenated alkanes) is 2. The van der Waals surface area contributed by atoms with Gasteiger partial charge in [-0.05, 0) is 31.0 Å². The molecule has 130 valence electrons. The van der Waals surface area contributed by atoms with Crippen molar-refractivity contribution in [3.63, 3.8) is 0 Å². The van der Waals surface area contributed by atoms with Crippen molar-refractivity contribution in [3.8, 4) is 5.75 Å². The standard InChI is InChI=1S/C17H24N4O2S/c1-4-5-6-9-21-12-18-20-17(21)24-11-16(22)19-14-10-13(2)7-8-15(14)23-3/h7-8,10,12H,4-6,9,11H2,1-3H3,(H,19,22). The van der Waals surface area contributed by atoms with E-state index in [0.717, 1.165) is 23.7 Å². The largest absolute Gasteiger partial charge is 0.495 e. The summed E-state index contributed by atoms with van der Waals surface area (Å²) in [7, 11) is 1.59. The van der Waals surface area contributed by atoms with Crippen molar-refractivity contribution in [1.29, 1.82) is 0 Å². The van der Waals surface area contributed by atoms with Gasteiger partial charge in [-0.15, -0.1) is 10.2 Å². The van der Waals surface area contributed by atoms with E-state index >= 15 is 0 Å². The molecule has 0 aliphatic carbocycles. The minimum absolute atomic E-state index is 0.0907. The summed E-state index contributed by atoms with van der Waals surface area (Å²) in [6, 6.07) is 5.69. The number of carbonyl (C=O) groups excluding carboxylic acids is 1. The van der Waals surface area contributed by atoms with Crippen LogP contribution in [-0.4, -0.2) is 33.5 Å². The Morgan fingerprint density at radius 2 is 2.21 bits per heavy atom. The summed E-state index contributed by atoms with van der Waals surface area (Å²) >= 11 is 1.39. The van der Waals surface area contributed by atoms with E-state index in [1.807, 2.05) is 29.7 Å². The second-order valence-electron chi connectivity index (χ2n) is 5.55. The number of carbonyl (C=O) groups is 1. The van der Waals surface area contributed by atoms with Gasteiger partial charge in [-0.25, -0.2) is 0 Å². The third-order valence-electron chi connectivity index (χ3n) is 3.54. The SMILES string of the molecule is CCCCCn1cnnc1SCC(=O)Nc1cc(C)ccc1OC. The maximum atomic E-state index is 12.2. The Kier molecular flexibility index (Phi) is 7.11. The van der Waals surface area contributed by atoms with E-state index in [1.165, 1.54) is 24.6 Å². The van der Waals surface area contributed by atoms with Gasteiger partial charge < -0.3 is 14.6 Å². The number of amides is 1. The first-order chi connectivity index (χ1) is 11.6. The van der Waals surface area contributed by atoms with Gasteiger partial charge in [-0.3, -0.25) is 4.79 Å². The second kappa shape index (κ2) is 9.32. The predicted molar refractivity (Wildman–Crippen MR) is 96.6 cm³/mol. The van der Waals surface area contributed by atoms with Crippen LogP contribution in [0.3, 0.4) is 0 Å². The van der Waals surface area contributed by atoms with Gasteiger partial charge in [0.2, 0.25) is 5.91 Å². The first-order valence-corrected chi connectivity index (χ1v) is 9.07. The zero-order chi connectivity index (χ0) is 17.4. The van der Waals surface area contributed by atoms with Crippen LogP contribution in [0.2, 0.25) is 0 Å². The van der Waals surface area contributed by atoms with E-state index in [2.05, 4.69) is 22.4 Å². The highest BCUT2D eigenvalue weighted by Gasteiger charge is 2.11. The fourth-order valence-corrected chi connectivity index (χ4v) is 3.02. The van der Waals surface area contributed by atoms with Gasteiger partial charge in [-0.2, -0.15) is 0 Å². The molecule has 0 radical (unpaired) electrons. The van der Waals surface area contributed by atoms with Crippen molar-refractivity contribution < 1.29 is 9.53 Å². The highest BCUT2D eigenvalue weighted by atomic mass is 32.2. The normalized spacial score (nSPS) is 10.6. The van der Waals surface area contributed by atoms with Crippen LogP contribution < -0.4 is 10.1 Å². The molecule has 0 bridgehead atoms. The van der Waals surface area contributed by atoms with Crippen molar-refractivity contribution in [2.24, 2.45) is 0 Å². The molecule has 24 heavy (non-hydrogen) atoms. The number of nitrogens with zero attached hydrogens (tertiary/aromatic N) is 3. The number of aromatic nitrogens is 3. The van der Waals surface area contributed by atoms with Gasteiger partial charge in [0, 0.05) is 6.54 Å². The summed E-state index contributed by atoms with van der Waals surface area (Å²) < 4.78 is 7.28. The third-order valence-corrected chi connectivity index (χ3v) is 4.52. The molecule has 0 atom stereocenters. The number of hydrogen-bond acceptors (Lipinski definition) is 5. The molecular weight excluding hydrogens is 324 g/mol. The number of nitrogens with one attached hydrogen (secondary N) is 1. The van der Waals surface area contributed by atoms with Crippen molar-refractivity contribution in [3.05, 3.63) is 30.1 Å². The summed E-state index contributed by atoms with van der Waals surface area (Å²) in [5, 5.41) is 11.7. The number of hydrogen-bond donors (Lipinski definition) is 1. The Bertz CT molecular complexity index is 672. The van der Waals surface area contributed by atoms with Crippen LogP contribution in [0.5, 0.6) is 5.75 Å². The molecule has 6 nitrogen and oxygen atoms in total. The van der Waals surface area contributed by atoms with E-state index in [9.17, 15) is 4.79 Å². The number of ether oxygens (including phenoxy) is 1. The molecule has 1 aromatic heterocycles. The maximum absolute atomic E-state index is 12.2. The molecule has 0 saturated heterocycles. The molecule has 1 amide bonds. The summed E-state index contributed by atoms with van der Waals surface area (Å²) in [6.45, 7) is 5.03. The zero-order valence-corrected chi connectivity index (χ0v) is 15.2. The van der Waals surface area contributed by atoms with Crippen LogP contribution in [0.15, 0.2) is 29.7 Å². The number of rotatable bonds is 9. The first kappa shape index (κ1) is 18.3. The van der Waals surface area contributed by atoms with E-state index in [-0.39, 0.29) is 11.7 Å².